The summed E-state index contributed by atoms with van der Waals surface area (Å²) in [4.78, 5) is 27.1. The molecule has 1 N–H and O–H groups in total. The molecule has 0 aliphatic carbocycles. The molecule has 2 aromatic carbocycles. The van der Waals surface area contributed by atoms with Gasteiger partial charge in [-0.1, -0.05) is 30.3 Å². The second-order valence-electron chi connectivity index (χ2n) is 6.17. The molecule has 6 nitrogen and oxygen atoms in total. The first-order valence-corrected chi connectivity index (χ1v) is 8.63. The number of carbonyl (C=O) groups is 2. The molecule has 0 unspecified atom stereocenters. The predicted molar refractivity (Wildman–Crippen MR) is 103 cm³/mol. The van der Waals surface area contributed by atoms with E-state index in [1.807, 2.05) is 31.2 Å². The molecule has 1 heterocycles. The minimum Gasteiger partial charge on any atom is -0.497 e. The first-order valence-electron chi connectivity index (χ1n) is 8.63. The fourth-order valence-electron chi connectivity index (χ4n) is 2.95. The smallest absolute Gasteiger partial charge is 0.278 e. The van der Waals surface area contributed by atoms with Crippen molar-refractivity contribution in [3.63, 3.8) is 0 Å². The van der Waals surface area contributed by atoms with Crippen LogP contribution < -0.4 is 10.1 Å². The van der Waals surface area contributed by atoms with Crippen LogP contribution in [0, 0.1) is 6.92 Å². The summed E-state index contributed by atoms with van der Waals surface area (Å²) in [5.74, 6) is -0.00908. The maximum Gasteiger partial charge on any atom is 0.278 e. The van der Waals surface area contributed by atoms with E-state index in [1.54, 1.807) is 31.4 Å². The van der Waals surface area contributed by atoms with Crippen LogP contribution in [-0.4, -0.2) is 44.1 Å². The number of methoxy groups -OCH3 is 2. The molecule has 2 amide bonds. The molecule has 27 heavy (non-hydrogen) atoms. The Bertz CT molecular complexity index is 887. The second kappa shape index (κ2) is 8.05. The molecule has 0 saturated carbocycles. The summed E-state index contributed by atoms with van der Waals surface area (Å²) in [6.45, 7) is 2.43. The normalized spacial score (nSPS) is 14.1. The van der Waals surface area contributed by atoms with Crippen LogP contribution in [0.2, 0.25) is 0 Å². The van der Waals surface area contributed by atoms with Gasteiger partial charge in [-0.15, -0.1) is 0 Å². The standard InChI is InChI=1S/C21H22N2O4/c1-14-6-4-5-7-17(14)22-19-18(15-8-10-16(27-3)11-9-15)20(24)23(21(19)25)12-13-26-2/h4-11,22H,12-13H2,1-3H3. The van der Waals surface area contributed by atoms with E-state index in [4.69, 9.17) is 9.47 Å². The van der Waals surface area contributed by atoms with Crippen LogP contribution in [0.4, 0.5) is 5.69 Å². The maximum atomic E-state index is 13.0. The highest BCUT2D eigenvalue weighted by Crippen LogP contribution is 2.31. The molecule has 0 fully saturated rings. The largest absolute Gasteiger partial charge is 0.497 e. The van der Waals surface area contributed by atoms with E-state index in [1.165, 1.54) is 12.0 Å². The van der Waals surface area contributed by atoms with E-state index >= 15 is 0 Å². The third-order valence-electron chi connectivity index (χ3n) is 4.47. The number of nitrogens with zero attached hydrogens (tertiary/aromatic N) is 1. The Morgan fingerprint density at radius 2 is 1.67 bits per heavy atom. The van der Waals surface area contributed by atoms with E-state index in [0.717, 1.165) is 11.3 Å². The molecule has 0 saturated heterocycles. The summed E-state index contributed by atoms with van der Waals surface area (Å²) in [6.07, 6.45) is 0. The Morgan fingerprint density at radius 1 is 0.963 bits per heavy atom. The number of para-hydroxylation sites is 1. The van der Waals surface area contributed by atoms with Crippen molar-refractivity contribution in [3.05, 3.63) is 65.4 Å². The van der Waals surface area contributed by atoms with Gasteiger partial charge in [-0.2, -0.15) is 0 Å². The summed E-state index contributed by atoms with van der Waals surface area (Å²) in [7, 11) is 3.12. The van der Waals surface area contributed by atoms with Crippen molar-refractivity contribution in [2.75, 3.05) is 32.7 Å². The Balaban J connectivity index is 2.04. The van der Waals surface area contributed by atoms with Gasteiger partial charge in [0.2, 0.25) is 0 Å². The highest BCUT2D eigenvalue weighted by atomic mass is 16.5. The minimum atomic E-state index is -0.355. The molecule has 6 heteroatoms. The SMILES string of the molecule is COCCN1C(=O)C(Nc2ccccc2C)=C(c2ccc(OC)cc2)C1=O. The van der Waals surface area contributed by atoms with Gasteiger partial charge in [-0.25, -0.2) is 0 Å². The molecule has 140 valence electrons. The van der Waals surface area contributed by atoms with Gasteiger partial charge in [-0.3, -0.25) is 14.5 Å². The van der Waals surface area contributed by atoms with E-state index in [2.05, 4.69) is 5.32 Å². The van der Waals surface area contributed by atoms with Gasteiger partial charge in [0, 0.05) is 12.8 Å². The summed E-state index contributed by atoms with van der Waals surface area (Å²) in [5.41, 5.74) is 3.05. The molecular formula is C21H22N2O4. The first-order chi connectivity index (χ1) is 13.1. The monoisotopic (exact) mass is 366 g/mol. The number of aryl methyl sites for hydroxylation is 1. The summed E-state index contributed by atoms with van der Waals surface area (Å²) in [6, 6.07) is 14.7. The third-order valence-corrected chi connectivity index (χ3v) is 4.47. The number of carbonyl (C=O) groups excluding carboxylic acids is 2. The molecular weight excluding hydrogens is 344 g/mol. The Hall–Kier alpha value is -3.12. The van der Waals surface area contributed by atoms with Gasteiger partial charge in [0.1, 0.15) is 11.4 Å². The lowest BCUT2D eigenvalue weighted by atomic mass is 10.0. The Labute approximate surface area is 158 Å². The number of anilines is 1. The molecule has 0 atom stereocenters. The summed E-state index contributed by atoms with van der Waals surface area (Å²) < 4.78 is 10.2. The number of imide groups is 1. The van der Waals surface area contributed by atoms with Gasteiger partial charge in [-0.05, 0) is 36.2 Å². The van der Waals surface area contributed by atoms with Crippen molar-refractivity contribution in [3.8, 4) is 5.75 Å². The van der Waals surface area contributed by atoms with Gasteiger partial charge in [0.05, 0.1) is 25.8 Å². The summed E-state index contributed by atoms with van der Waals surface area (Å²) >= 11 is 0. The van der Waals surface area contributed by atoms with Crippen molar-refractivity contribution in [1.82, 2.24) is 4.90 Å². The molecule has 0 aromatic heterocycles. The minimum absolute atomic E-state index is 0.201. The Morgan fingerprint density at radius 3 is 2.30 bits per heavy atom. The van der Waals surface area contributed by atoms with Crippen LogP contribution >= 0.6 is 0 Å². The number of rotatable bonds is 7. The summed E-state index contributed by atoms with van der Waals surface area (Å²) in [5, 5.41) is 3.17. The van der Waals surface area contributed by atoms with Crippen molar-refractivity contribution >= 4 is 23.1 Å². The molecule has 1 aliphatic rings. The second-order valence-corrected chi connectivity index (χ2v) is 6.17. The highest BCUT2D eigenvalue weighted by Gasteiger charge is 2.39. The maximum absolute atomic E-state index is 13.0. The molecule has 2 aromatic rings. The van der Waals surface area contributed by atoms with Crippen LogP contribution in [-0.2, 0) is 14.3 Å². The zero-order chi connectivity index (χ0) is 19.4. The molecule has 3 rings (SSSR count). The number of benzene rings is 2. The molecule has 1 aliphatic heterocycles. The van der Waals surface area contributed by atoms with Crippen molar-refractivity contribution in [2.24, 2.45) is 0 Å². The molecule has 0 spiro atoms. The van der Waals surface area contributed by atoms with Crippen LogP contribution in [0.15, 0.2) is 54.2 Å². The van der Waals surface area contributed by atoms with Gasteiger partial charge in [0.15, 0.2) is 0 Å². The van der Waals surface area contributed by atoms with Gasteiger partial charge in [0.25, 0.3) is 11.8 Å². The quantitative estimate of drug-likeness (QED) is 0.763. The van der Waals surface area contributed by atoms with E-state index in [-0.39, 0.29) is 30.7 Å². The lowest BCUT2D eigenvalue weighted by molar-refractivity contribution is -0.137. The lowest BCUT2D eigenvalue weighted by Crippen LogP contribution is -2.35. The van der Waals surface area contributed by atoms with E-state index in [9.17, 15) is 9.59 Å². The zero-order valence-corrected chi connectivity index (χ0v) is 15.6. The highest BCUT2D eigenvalue weighted by molar-refractivity contribution is 6.36. The third kappa shape index (κ3) is 3.71. The van der Waals surface area contributed by atoms with Gasteiger partial charge >= 0.3 is 0 Å². The van der Waals surface area contributed by atoms with Crippen LogP contribution in [0.3, 0.4) is 0 Å². The Kier molecular flexibility index (Phi) is 5.57. The van der Waals surface area contributed by atoms with Crippen molar-refractivity contribution in [2.45, 2.75) is 6.92 Å². The topological polar surface area (TPSA) is 67.9 Å². The van der Waals surface area contributed by atoms with E-state index < -0.39 is 0 Å². The number of ether oxygens (including phenoxy) is 2. The zero-order valence-electron chi connectivity index (χ0n) is 15.6. The van der Waals surface area contributed by atoms with Gasteiger partial charge < -0.3 is 14.8 Å². The van der Waals surface area contributed by atoms with Crippen molar-refractivity contribution < 1.29 is 19.1 Å². The van der Waals surface area contributed by atoms with E-state index in [0.29, 0.717) is 16.9 Å². The number of hydrogen-bond donors (Lipinski definition) is 1. The predicted octanol–water partition coefficient (Wildman–Crippen LogP) is 2.84. The lowest BCUT2D eigenvalue weighted by Gasteiger charge is -2.15. The van der Waals surface area contributed by atoms with Crippen molar-refractivity contribution in [1.29, 1.82) is 0 Å². The average Bonchev–Trinajstić information content (AvgIpc) is 2.92. The fourth-order valence-corrected chi connectivity index (χ4v) is 2.95. The van der Waals surface area contributed by atoms with Crippen LogP contribution in [0.1, 0.15) is 11.1 Å². The number of amides is 2. The molecule has 0 radical (unpaired) electrons. The van der Waals surface area contributed by atoms with Crippen LogP contribution in [0.5, 0.6) is 5.75 Å². The van der Waals surface area contributed by atoms with Crippen LogP contribution in [0.25, 0.3) is 5.57 Å². The number of nitrogens with one attached hydrogen (secondary N) is 1. The number of hydrogen-bond acceptors (Lipinski definition) is 5. The fraction of sp³-hybridized carbons (Fsp3) is 0.238. The average molecular weight is 366 g/mol. The molecule has 0 bridgehead atoms. The first kappa shape index (κ1) is 18.7.